The molecule has 0 aromatic heterocycles. The van der Waals surface area contributed by atoms with Crippen molar-refractivity contribution >= 4 is 35.7 Å². The average Bonchev–Trinajstić information content (AvgIpc) is 2.89. The van der Waals surface area contributed by atoms with E-state index in [1.54, 1.807) is 7.11 Å². The van der Waals surface area contributed by atoms with Gasteiger partial charge >= 0.3 is 0 Å². The quantitative estimate of drug-likeness (QED) is 0.543. The molecule has 1 fully saturated rings. The van der Waals surface area contributed by atoms with Gasteiger partial charge in [-0.3, -0.25) is 0 Å². The lowest BCUT2D eigenvalue weighted by Gasteiger charge is -2.40. The smallest absolute Gasteiger partial charge is 0.118 e. The normalized spacial score (nSPS) is 28.7. The zero-order valence-electron chi connectivity index (χ0n) is 12.6. The monoisotopic (exact) mass is 412 g/mol. The van der Waals surface area contributed by atoms with Crippen LogP contribution in [0.25, 0.3) is 5.57 Å². The molecule has 2 unspecified atom stereocenters. The van der Waals surface area contributed by atoms with Crippen LogP contribution in [0.2, 0.25) is 0 Å². The van der Waals surface area contributed by atoms with Crippen molar-refractivity contribution in [1.82, 2.24) is 0 Å². The first-order chi connectivity index (χ1) is 10.1. The van der Waals surface area contributed by atoms with E-state index in [9.17, 15) is 0 Å². The van der Waals surface area contributed by atoms with E-state index < -0.39 is 0 Å². The molecule has 2 aliphatic rings. The Morgan fingerprint density at radius 2 is 2.05 bits per heavy atom. The number of fused-ring (bicyclic) bond motifs is 1. The second kappa shape index (κ2) is 5.99. The SMILES string of the molecule is C=C1C(c2ccc(OC)cc2)=C(SI)CC2(C)CCCC12. The first-order valence-corrected chi connectivity index (χ1v) is 10.8. The van der Waals surface area contributed by atoms with Crippen LogP contribution < -0.4 is 4.74 Å². The lowest BCUT2D eigenvalue weighted by Crippen LogP contribution is -2.28. The highest BCUT2D eigenvalue weighted by Gasteiger charge is 2.45. The van der Waals surface area contributed by atoms with Crippen molar-refractivity contribution in [2.45, 2.75) is 32.6 Å². The van der Waals surface area contributed by atoms with Crippen LogP contribution in [-0.2, 0) is 0 Å². The zero-order valence-corrected chi connectivity index (χ0v) is 15.6. The maximum atomic E-state index is 5.28. The molecule has 0 heterocycles. The van der Waals surface area contributed by atoms with E-state index >= 15 is 0 Å². The molecule has 1 nitrogen and oxygen atoms in total. The molecule has 3 rings (SSSR count). The van der Waals surface area contributed by atoms with Crippen LogP contribution in [0.5, 0.6) is 5.75 Å². The minimum absolute atomic E-state index is 0.431. The number of rotatable bonds is 3. The predicted octanol–water partition coefficient (Wildman–Crippen LogP) is 6.26. The summed E-state index contributed by atoms with van der Waals surface area (Å²) in [6.45, 7) is 6.95. The van der Waals surface area contributed by atoms with E-state index in [0.717, 1.165) is 5.75 Å². The fourth-order valence-electron chi connectivity index (χ4n) is 4.02. The van der Waals surface area contributed by atoms with Gasteiger partial charge in [0.2, 0.25) is 0 Å². The molecule has 1 aromatic rings. The Bertz CT molecular complexity index is 590. The van der Waals surface area contributed by atoms with Gasteiger partial charge in [0.05, 0.1) is 7.11 Å². The van der Waals surface area contributed by atoms with Crippen molar-refractivity contribution in [3.05, 3.63) is 46.9 Å². The Labute approximate surface area is 143 Å². The Morgan fingerprint density at radius 1 is 1.33 bits per heavy atom. The fourth-order valence-corrected chi connectivity index (χ4v) is 5.86. The van der Waals surface area contributed by atoms with Gasteiger partial charge in [-0.1, -0.05) is 41.0 Å². The number of ether oxygens (including phenoxy) is 1. The summed E-state index contributed by atoms with van der Waals surface area (Å²) in [5.74, 6) is 1.57. The molecular weight excluding hydrogens is 391 g/mol. The molecule has 1 saturated carbocycles. The summed E-state index contributed by atoms with van der Waals surface area (Å²) >= 11 is 2.43. The van der Waals surface area contributed by atoms with E-state index in [1.165, 1.54) is 47.3 Å². The van der Waals surface area contributed by atoms with E-state index in [1.807, 2.05) is 21.1 Å². The number of hydrogen-bond donors (Lipinski definition) is 0. The highest BCUT2D eigenvalue weighted by molar-refractivity contribution is 14.2. The van der Waals surface area contributed by atoms with Crippen LogP contribution in [0.4, 0.5) is 0 Å². The molecule has 0 bridgehead atoms. The second-order valence-electron chi connectivity index (χ2n) is 6.40. The first-order valence-electron chi connectivity index (χ1n) is 7.44. The Balaban J connectivity index is 2.05. The standard InChI is InChI=1S/C18H21IOS/c1-12-15-5-4-10-18(15,2)11-16(21-19)17(12)13-6-8-14(20-3)9-7-13/h6-9,15H,1,4-5,10-11H2,2-3H3. The average molecular weight is 412 g/mol. The van der Waals surface area contributed by atoms with Crippen molar-refractivity contribution in [3.8, 4) is 5.75 Å². The molecule has 0 N–H and O–H groups in total. The molecule has 2 atom stereocenters. The molecule has 0 saturated heterocycles. The number of allylic oxidation sites excluding steroid dienone is 3. The maximum absolute atomic E-state index is 5.28. The Kier molecular flexibility index (Phi) is 4.42. The summed E-state index contributed by atoms with van der Waals surface area (Å²) in [5, 5.41) is 0. The molecule has 2 aliphatic carbocycles. The predicted molar refractivity (Wildman–Crippen MR) is 101 cm³/mol. The highest BCUT2D eigenvalue weighted by Crippen LogP contribution is 2.59. The number of hydrogen-bond acceptors (Lipinski definition) is 2. The largest absolute Gasteiger partial charge is 0.497 e. The number of benzene rings is 1. The lowest BCUT2D eigenvalue weighted by molar-refractivity contribution is 0.261. The van der Waals surface area contributed by atoms with Crippen molar-refractivity contribution in [1.29, 1.82) is 0 Å². The summed E-state index contributed by atoms with van der Waals surface area (Å²) in [7, 11) is 3.58. The Morgan fingerprint density at radius 3 is 2.67 bits per heavy atom. The third-order valence-electron chi connectivity index (χ3n) is 5.14. The van der Waals surface area contributed by atoms with Crippen LogP contribution >= 0.6 is 30.1 Å². The van der Waals surface area contributed by atoms with Gasteiger partial charge in [0.1, 0.15) is 5.75 Å². The van der Waals surface area contributed by atoms with Gasteiger partial charge in [-0.25, -0.2) is 0 Å². The van der Waals surface area contributed by atoms with Gasteiger partial charge in [-0.05, 0) is 59.4 Å². The molecule has 112 valence electrons. The van der Waals surface area contributed by atoms with Gasteiger partial charge in [0.15, 0.2) is 0 Å². The molecule has 21 heavy (non-hydrogen) atoms. The summed E-state index contributed by atoms with van der Waals surface area (Å²) in [6.07, 6.45) is 5.18. The topological polar surface area (TPSA) is 9.23 Å². The van der Waals surface area contributed by atoms with Gasteiger partial charge in [-0.15, -0.1) is 0 Å². The van der Waals surface area contributed by atoms with E-state index in [-0.39, 0.29) is 0 Å². The van der Waals surface area contributed by atoms with Gasteiger partial charge < -0.3 is 4.74 Å². The molecule has 0 aliphatic heterocycles. The van der Waals surface area contributed by atoms with Crippen molar-refractivity contribution < 1.29 is 4.74 Å². The molecule has 0 spiro atoms. The van der Waals surface area contributed by atoms with E-state index in [0.29, 0.717) is 11.3 Å². The van der Waals surface area contributed by atoms with Gasteiger partial charge in [0.25, 0.3) is 0 Å². The first kappa shape index (κ1) is 15.5. The molecule has 0 radical (unpaired) electrons. The summed E-state index contributed by atoms with van der Waals surface area (Å²) in [5.41, 5.74) is 4.46. The third kappa shape index (κ3) is 2.67. The van der Waals surface area contributed by atoms with Crippen molar-refractivity contribution in [2.24, 2.45) is 11.3 Å². The second-order valence-corrected chi connectivity index (χ2v) is 8.37. The van der Waals surface area contributed by atoms with E-state index in [4.69, 9.17) is 4.74 Å². The molecule has 1 aromatic carbocycles. The van der Waals surface area contributed by atoms with Gasteiger partial charge in [0, 0.05) is 26.1 Å². The van der Waals surface area contributed by atoms with E-state index in [2.05, 4.69) is 46.8 Å². The van der Waals surface area contributed by atoms with Gasteiger partial charge in [-0.2, -0.15) is 0 Å². The summed E-state index contributed by atoms with van der Waals surface area (Å²) in [6, 6.07) is 8.44. The van der Waals surface area contributed by atoms with Crippen molar-refractivity contribution in [2.75, 3.05) is 7.11 Å². The third-order valence-corrected chi connectivity index (χ3v) is 7.27. The lowest BCUT2D eigenvalue weighted by atomic mass is 9.67. The van der Waals surface area contributed by atoms with Crippen LogP contribution in [0.3, 0.4) is 0 Å². The molecule has 3 heteroatoms. The molecular formula is C18H21IOS. The minimum Gasteiger partial charge on any atom is -0.497 e. The van der Waals surface area contributed by atoms with Crippen LogP contribution in [0.1, 0.15) is 38.2 Å². The minimum atomic E-state index is 0.431. The maximum Gasteiger partial charge on any atom is 0.118 e. The summed E-state index contributed by atoms with van der Waals surface area (Å²) in [4.78, 5) is 1.49. The zero-order chi connectivity index (χ0) is 15.0. The fraction of sp³-hybridized carbons (Fsp3) is 0.444. The molecule has 0 amide bonds. The number of methoxy groups -OCH3 is 1. The Hall–Kier alpha value is -0.420. The van der Waals surface area contributed by atoms with Crippen molar-refractivity contribution in [3.63, 3.8) is 0 Å². The number of halogens is 1. The highest BCUT2D eigenvalue weighted by atomic mass is 127. The summed E-state index contributed by atoms with van der Waals surface area (Å²) < 4.78 is 5.28. The van der Waals surface area contributed by atoms with Crippen LogP contribution in [0.15, 0.2) is 41.3 Å². The van der Waals surface area contributed by atoms with Crippen LogP contribution in [-0.4, -0.2) is 7.11 Å². The van der Waals surface area contributed by atoms with Crippen LogP contribution in [0, 0.1) is 11.3 Å².